The molecule has 1 fully saturated rings. The van der Waals surface area contributed by atoms with E-state index < -0.39 is 49.5 Å². The molecule has 0 radical (unpaired) electrons. The Hall–Kier alpha value is -1.07. The molecular formula is C49H95NO8. The van der Waals surface area contributed by atoms with Crippen LogP contribution in [0.2, 0.25) is 0 Å². The quantitative estimate of drug-likeness (QED) is 0.0263. The lowest BCUT2D eigenvalue weighted by molar-refractivity contribution is -0.302. The minimum Gasteiger partial charge on any atom is -0.394 e. The molecule has 6 N–H and O–H groups in total. The zero-order chi connectivity index (χ0) is 42.3. The van der Waals surface area contributed by atoms with Crippen LogP contribution in [0.25, 0.3) is 0 Å². The second kappa shape index (κ2) is 40.0. The van der Waals surface area contributed by atoms with Crippen molar-refractivity contribution < 1.29 is 39.8 Å². The summed E-state index contributed by atoms with van der Waals surface area (Å²) in [4.78, 5) is 12.8. The highest BCUT2D eigenvalue weighted by Gasteiger charge is 2.44. The number of carbonyl (C=O) groups is 1. The number of amides is 1. The molecule has 1 aliphatic heterocycles. The van der Waals surface area contributed by atoms with Gasteiger partial charge in [0.25, 0.3) is 0 Å². The van der Waals surface area contributed by atoms with Crippen molar-refractivity contribution in [1.29, 1.82) is 0 Å². The van der Waals surface area contributed by atoms with Gasteiger partial charge in [-0.05, 0) is 19.3 Å². The molecule has 0 aliphatic carbocycles. The van der Waals surface area contributed by atoms with Gasteiger partial charge in [-0.15, -0.1) is 0 Å². The molecule has 1 aliphatic rings. The Morgan fingerprint density at radius 1 is 0.569 bits per heavy atom. The summed E-state index contributed by atoms with van der Waals surface area (Å²) >= 11 is 0. The number of aliphatic hydroxyl groups is 5. The lowest BCUT2D eigenvalue weighted by Crippen LogP contribution is -2.60. The van der Waals surface area contributed by atoms with E-state index in [2.05, 4.69) is 19.2 Å². The highest BCUT2D eigenvalue weighted by molar-refractivity contribution is 5.76. The summed E-state index contributed by atoms with van der Waals surface area (Å²) in [5.74, 6) is -0.182. The van der Waals surface area contributed by atoms with Crippen LogP contribution in [0.1, 0.15) is 239 Å². The zero-order valence-corrected chi connectivity index (χ0v) is 37.8. The minimum absolute atomic E-state index is 0.182. The summed E-state index contributed by atoms with van der Waals surface area (Å²) in [6, 6.07) is -0.797. The van der Waals surface area contributed by atoms with E-state index in [-0.39, 0.29) is 12.5 Å². The molecule has 0 bridgehead atoms. The van der Waals surface area contributed by atoms with Gasteiger partial charge in [0.1, 0.15) is 24.4 Å². The van der Waals surface area contributed by atoms with Gasteiger partial charge < -0.3 is 40.3 Å². The molecule has 0 aromatic carbocycles. The molecule has 1 amide bonds. The number of nitrogens with one attached hydrogen (secondary N) is 1. The van der Waals surface area contributed by atoms with E-state index in [0.717, 1.165) is 38.5 Å². The first-order valence-electron chi connectivity index (χ1n) is 24.9. The summed E-state index contributed by atoms with van der Waals surface area (Å²) in [5.41, 5.74) is 0. The van der Waals surface area contributed by atoms with Crippen LogP contribution in [0.15, 0.2) is 12.2 Å². The topological polar surface area (TPSA) is 149 Å². The molecule has 0 spiro atoms. The van der Waals surface area contributed by atoms with Crippen LogP contribution in [0, 0.1) is 0 Å². The fraction of sp³-hybridized carbons (Fsp3) is 0.939. The average Bonchev–Trinajstić information content (AvgIpc) is 3.22. The molecule has 1 rings (SSSR count). The van der Waals surface area contributed by atoms with Crippen LogP contribution in [0.3, 0.4) is 0 Å². The molecule has 7 atom stereocenters. The fourth-order valence-electron chi connectivity index (χ4n) is 8.10. The molecule has 58 heavy (non-hydrogen) atoms. The summed E-state index contributed by atoms with van der Waals surface area (Å²) in [6.45, 7) is 3.74. The van der Waals surface area contributed by atoms with Gasteiger partial charge in [0.05, 0.1) is 25.4 Å². The number of unbranched alkanes of at least 4 members (excludes halogenated alkanes) is 32. The van der Waals surface area contributed by atoms with E-state index in [1.165, 1.54) is 180 Å². The first kappa shape index (κ1) is 54.9. The highest BCUT2D eigenvalue weighted by atomic mass is 16.7. The maximum absolute atomic E-state index is 12.8. The third-order valence-corrected chi connectivity index (χ3v) is 12.1. The summed E-state index contributed by atoms with van der Waals surface area (Å²) < 4.78 is 11.2. The smallest absolute Gasteiger partial charge is 0.220 e. The van der Waals surface area contributed by atoms with E-state index in [1.807, 2.05) is 6.08 Å². The molecule has 1 saturated heterocycles. The predicted molar refractivity (Wildman–Crippen MR) is 240 cm³/mol. The Bertz CT molecular complexity index is 919. The van der Waals surface area contributed by atoms with Crippen molar-refractivity contribution in [3.63, 3.8) is 0 Å². The number of carbonyl (C=O) groups excluding carboxylic acids is 1. The zero-order valence-electron chi connectivity index (χ0n) is 37.8. The number of ether oxygens (including phenoxy) is 2. The van der Waals surface area contributed by atoms with Crippen LogP contribution >= 0.6 is 0 Å². The number of aliphatic hydroxyl groups excluding tert-OH is 5. The average molecular weight is 826 g/mol. The van der Waals surface area contributed by atoms with Gasteiger partial charge in [-0.2, -0.15) is 0 Å². The molecule has 0 aromatic heterocycles. The lowest BCUT2D eigenvalue weighted by Gasteiger charge is -2.40. The second-order valence-corrected chi connectivity index (χ2v) is 17.6. The Balaban J connectivity index is 2.14. The van der Waals surface area contributed by atoms with Gasteiger partial charge in [-0.1, -0.05) is 225 Å². The molecule has 344 valence electrons. The Morgan fingerprint density at radius 2 is 0.948 bits per heavy atom. The van der Waals surface area contributed by atoms with E-state index in [9.17, 15) is 30.3 Å². The summed E-state index contributed by atoms with van der Waals surface area (Å²) in [5, 5.41) is 54.0. The summed E-state index contributed by atoms with van der Waals surface area (Å²) in [7, 11) is 0. The van der Waals surface area contributed by atoms with Crippen molar-refractivity contribution in [3.05, 3.63) is 12.2 Å². The van der Waals surface area contributed by atoms with Crippen LogP contribution in [0.4, 0.5) is 0 Å². The maximum Gasteiger partial charge on any atom is 0.220 e. The van der Waals surface area contributed by atoms with Crippen molar-refractivity contribution in [2.45, 2.75) is 281 Å². The van der Waals surface area contributed by atoms with E-state index in [0.29, 0.717) is 6.42 Å². The van der Waals surface area contributed by atoms with Crippen molar-refractivity contribution >= 4 is 5.91 Å². The molecule has 7 unspecified atom stereocenters. The van der Waals surface area contributed by atoms with Crippen LogP contribution in [-0.4, -0.2) is 87.5 Å². The standard InChI is InChI=1S/C49H95NO8/c1-3-5-7-9-11-12-13-14-15-16-17-18-19-20-21-22-23-24-25-26-27-28-29-30-31-33-34-36-38-43(52)42(50-45(53)39-37-35-32-10-8-6-4-2)41-57-49-48(56)47(55)46(54)44(40-51)58-49/h36,38,42-44,46-49,51-52,54-56H,3-35,37,39-41H2,1-2H3,(H,50,53)/b38-36+. The monoisotopic (exact) mass is 826 g/mol. The van der Waals surface area contributed by atoms with Gasteiger partial charge in [-0.25, -0.2) is 0 Å². The molecule has 0 saturated carbocycles. The third-order valence-electron chi connectivity index (χ3n) is 12.1. The third kappa shape index (κ3) is 30.0. The molecule has 1 heterocycles. The van der Waals surface area contributed by atoms with Gasteiger partial charge in [0.15, 0.2) is 6.29 Å². The van der Waals surface area contributed by atoms with Crippen molar-refractivity contribution in [3.8, 4) is 0 Å². The van der Waals surface area contributed by atoms with E-state index in [1.54, 1.807) is 6.08 Å². The molecule has 9 heteroatoms. The predicted octanol–water partition coefficient (Wildman–Crippen LogP) is 10.9. The maximum atomic E-state index is 12.8. The number of rotatable bonds is 42. The molecule has 9 nitrogen and oxygen atoms in total. The van der Waals surface area contributed by atoms with Crippen LogP contribution < -0.4 is 5.32 Å². The number of hydrogen-bond acceptors (Lipinski definition) is 8. The van der Waals surface area contributed by atoms with Crippen LogP contribution in [0.5, 0.6) is 0 Å². The lowest BCUT2D eigenvalue weighted by atomic mass is 9.99. The summed E-state index contributed by atoms with van der Waals surface area (Å²) in [6.07, 6.45) is 40.2. The Labute approximate surface area is 356 Å². The van der Waals surface area contributed by atoms with Gasteiger partial charge >= 0.3 is 0 Å². The highest BCUT2D eigenvalue weighted by Crippen LogP contribution is 2.23. The largest absolute Gasteiger partial charge is 0.394 e. The Morgan fingerprint density at radius 3 is 1.34 bits per heavy atom. The van der Waals surface area contributed by atoms with Crippen molar-refractivity contribution in [2.24, 2.45) is 0 Å². The fourth-order valence-corrected chi connectivity index (χ4v) is 8.10. The first-order valence-corrected chi connectivity index (χ1v) is 24.9. The van der Waals surface area contributed by atoms with Crippen LogP contribution in [-0.2, 0) is 14.3 Å². The number of hydrogen-bond donors (Lipinski definition) is 6. The first-order chi connectivity index (χ1) is 28.3. The normalized spacial score (nSPS) is 20.8. The molecule has 0 aromatic rings. The van der Waals surface area contributed by atoms with Crippen molar-refractivity contribution in [1.82, 2.24) is 5.32 Å². The second-order valence-electron chi connectivity index (χ2n) is 17.6. The van der Waals surface area contributed by atoms with Gasteiger partial charge in [-0.3, -0.25) is 4.79 Å². The van der Waals surface area contributed by atoms with E-state index >= 15 is 0 Å². The number of allylic oxidation sites excluding steroid dienone is 1. The Kier molecular flexibility index (Phi) is 37.9. The van der Waals surface area contributed by atoms with Gasteiger partial charge in [0, 0.05) is 6.42 Å². The minimum atomic E-state index is -1.56. The molecular weight excluding hydrogens is 731 g/mol. The SMILES string of the molecule is CCCCCCCCCCCCCCCCCCCCCCCCCCCC/C=C/C(O)C(COC1OC(CO)C(O)C(O)C1O)NC(=O)CCCCCCCCC. The van der Waals surface area contributed by atoms with Crippen molar-refractivity contribution in [2.75, 3.05) is 13.2 Å². The van der Waals surface area contributed by atoms with Gasteiger partial charge in [0.2, 0.25) is 5.91 Å². The van der Waals surface area contributed by atoms with E-state index in [4.69, 9.17) is 9.47 Å².